The fourth-order valence-electron chi connectivity index (χ4n) is 2.06. The number of carbonyl (C=O) groups is 1. The van der Waals surface area contributed by atoms with Crippen LogP contribution in [0, 0.1) is 0 Å². The third-order valence-corrected chi connectivity index (χ3v) is 3.13. The van der Waals surface area contributed by atoms with Gasteiger partial charge in [-0.2, -0.15) is 8.78 Å². The summed E-state index contributed by atoms with van der Waals surface area (Å²) in [5, 5.41) is 6.79. The Kier molecular flexibility index (Phi) is 2.64. The summed E-state index contributed by atoms with van der Waals surface area (Å²) < 4.78 is 29.4. The van der Waals surface area contributed by atoms with Crippen molar-refractivity contribution in [3.8, 4) is 0 Å². The third-order valence-electron chi connectivity index (χ3n) is 3.13. The number of rotatable bonds is 3. The maximum Gasteiger partial charge on any atom is 0.318 e. The molecule has 2 heterocycles. The van der Waals surface area contributed by atoms with Gasteiger partial charge in [-0.3, -0.25) is 4.79 Å². The van der Waals surface area contributed by atoms with Crippen molar-refractivity contribution in [2.75, 3.05) is 24.5 Å². The SMILES string of the molecule is O=C1CN(c2nnc(C(F)F)o2)CCN1C1CC1. The second-order valence-electron chi connectivity index (χ2n) is 4.46. The van der Waals surface area contributed by atoms with Gasteiger partial charge in [-0.05, 0) is 12.8 Å². The van der Waals surface area contributed by atoms with Gasteiger partial charge in [0.05, 0.1) is 0 Å². The van der Waals surface area contributed by atoms with E-state index in [2.05, 4.69) is 10.2 Å². The van der Waals surface area contributed by atoms with E-state index in [9.17, 15) is 13.6 Å². The van der Waals surface area contributed by atoms with Gasteiger partial charge in [0, 0.05) is 19.1 Å². The number of hydrogen-bond donors (Lipinski definition) is 0. The van der Waals surface area contributed by atoms with Gasteiger partial charge in [0.15, 0.2) is 0 Å². The van der Waals surface area contributed by atoms with Gasteiger partial charge in [0.1, 0.15) is 6.54 Å². The summed E-state index contributed by atoms with van der Waals surface area (Å²) in [7, 11) is 0. The summed E-state index contributed by atoms with van der Waals surface area (Å²) in [5.41, 5.74) is 0. The molecule has 0 unspecified atom stereocenters. The molecule has 3 rings (SSSR count). The number of nitrogens with zero attached hydrogens (tertiary/aromatic N) is 4. The number of anilines is 1. The lowest BCUT2D eigenvalue weighted by Crippen LogP contribution is -2.51. The lowest BCUT2D eigenvalue weighted by atomic mass is 10.3. The van der Waals surface area contributed by atoms with Gasteiger partial charge in [0.25, 0.3) is 5.89 Å². The standard InChI is InChI=1S/C10H12F2N4O2/c11-8(12)9-13-14-10(18-9)15-3-4-16(6-1-2-6)7(17)5-15/h6,8H,1-5H2. The molecular weight excluding hydrogens is 246 g/mol. The third kappa shape index (κ3) is 2.02. The quantitative estimate of drug-likeness (QED) is 0.803. The molecule has 0 bridgehead atoms. The van der Waals surface area contributed by atoms with Crippen molar-refractivity contribution < 1.29 is 18.0 Å². The van der Waals surface area contributed by atoms with Crippen LogP contribution < -0.4 is 4.90 Å². The predicted octanol–water partition coefficient (Wildman–Crippen LogP) is 0.818. The molecule has 8 heteroatoms. The Hall–Kier alpha value is -1.73. The molecule has 98 valence electrons. The van der Waals surface area contributed by atoms with Gasteiger partial charge in [-0.25, -0.2) is 0 Å². The Labute approximate surface area is 102 Å². The summed E-state index contributed by atoms with van der Waals surface area (Å²) >= 11 is 0. The van der Waals surface area contributed by atoms with E-state index in [1.165, 1.54) is 0 Å². The fourth-order valence-corrected chi connectivity index (χ4v) is 2.06. The molecule has 0 spiro atoms. The summed E-state index contributed by atoms with van der Waals surface area (Å²) in [6.07, 6.45) is -0.668. The maximum absolute atomic E-state index is 12.3. The molecule has 1 aliphatic heterocycles. The molecule has 18 heavy (non-hydrogen) atoms. The van der Waals surface area contributed by atoms with Crippen LogP contribution in [0.2, 0.25) is 0 Å². The van der Waals surface area contributed by atoms with E-state index in [-0.39, 0.29) is 18.5 Å². The number of halogens is 2. The molecule has 1 saturated carbocycles. The number of hydrogen-bond acceptors (Lipinski definition) is 5. The average molecular weight is 258 g/mol. The Morgan fingerprint density at radius 1 is 1.28 bits per heavy atom. The highest BCUT2D eigenvalue weighted by Gasteiger charge is 2.36. The molecule has 2 fully saturated rings. The molecule has 0 radical (unpaired) electrons. The number of alkyl halides is 2. The molecule has 1 amide bonds. The first kappa shape index (κ1) is 11.4. The highest BCUT2D eigenvalue weighted by Crippen LogP contribution is 2.29. The van der Waals surface area contributed by atoms with E-state index in [0.29, 0.717) is 19.1 Å². The lowest BCUT2D eigenvalue weighted by Gasteiger charge is -2.33. The van der Waals surface area contributed by atoms with Crippen LogP contribution in [-0.2, 0) is 4.79 Å². The van der Waals surface area contributed by atoms with Crippen molar-refractivity contribution in [1.82, 2.24) is 15.1 Å². The zero-order valence-electron chi connectivity index (χ0n) is 9.55. The number of amides is 1. The van der Waals surface area contributed by atoms with Crippen LogP contribution in [0.3, 0.4) is 0 Å². The van der Waals surface area contributed by atoms with Crippen molar-refractivity contribution >= 4 is 11.9 Å². The normalized spacial score (nSPS) is 20.9. The zero-order chi connectivity index (χ0) is 12.7. The van der Waals surface area contributed by atoms with Crippen LogP contribution in [0.1, 0.15) is 25.2 Å². The largest absolute Gasteiger partial charge is 0.402 e. The summed E-state index contributed by atoms with van der Waals surface area (Å²) in [6, 6.07) is 0.369. The molecule has 0 aromatic carbocycles. The highest BCUT2D eigenvalue weighted by atomic mass is 19.3. The maximum atomic E-state index is 12.3. The molecule has 0 atom stereocenters. The van der Waals surface area contributed by atoms with Crippen LogP contribution in [0.25, 0.3) is 0 Å². The van der Waals surface area contributed by atoms with Gasteiger partial charge in [-0.1, -0.05) is 5.10 Å². The fraction of sp³-hybridized carbons (Fsp3) is 0.700. The minimum Gasteiger partial charge on any atom is -0.402 e. The minimum absolute atomic E-state index is 0.00547. The van der Waals surface area contributed by atoms with Crippen LogP contribution in [0.4, 0.5) is 14.8 Å². The summed E-state index contributed by atoms with van der Waals surface area (Å²) in [5.74, 6) is -0.720. The Morgan fingerprint density at radius 2 is 2.06 bits per heavy atom. The molecule has 1 aromatic rings. The van der Waals surface area contributed by atoms with Crippen LogP contribution in [-0.4, -0.2) is 46.7 Å². The molecular formula is C10H12F2N4O2. The molecule has 1 aliphatic carbocycles. The van der Waals surface area contributed by atoms with E-state index in [0.717, 1.165) is 12.8 Å². The van der Waals surface area contributed by atoms with Gasteiger partial charge in [-0.15, -0.1) is 5.10 Å². The first-order chi connectivity index (χ1) is 8.65. The van der Waals surface area contributed by atoms with Gasteiger partial charge in [0.2, 0.25) is 5.91 Å². The molecule has 6 nitrogen and oxygen atoms in total. The second-order valence-corrected chi connectivity index (χ2v) is 4.46. The van der Waals surface area contributed by atoms with E-state index < -0.39 is 12.3 Å². The molecule has 1 saturated heterocycles. The van der Waals surface area contributed by atoms with Gasteiger partial charge < -0.3 is 14.2 Å². The summed E-state index contributed by atoms with van der Waals surface area (Å²) in [4.78, 5) is 15.2. The van der Waals surface area contributed by atoms with Crippen LogP contribution in [0.5, 0.6) is 0 Å². The Morgan fingerprint density at radius 3 is 2.61 bits per heavy atom. The van der Waals surface area contributed by atoms with Crippen molar-refractivity contribution in [3.63, 3.8) is 0 Å². The van der Waals surface area contributed by atoms with Crippen LogP contribution in [0.15, 0.2) is 4.42 Å². The highest BCUT2D eigenvalue weighted by molar-refractivity contribution is 5.82. The van der Waals surface area contributed by atoms with E-state index in [1.54, 1.807) is 4.90 Å². The number of carbonyl (C=O) groups excluding carboxylic acids is 1. The number of piperazine rings is 1. The molecule has 2 aliphatic rings. The van der Waals surface area contributed by atoms with Crippen molar-refractivity contribution in [2.24, 2.45) is 0 Å². The van der Waals surface area contributed by atoms with E-state index in [4.69, 9.17) is 4.42 Å². The smallest absolute Gasteiger partial charge is 0.318 e. The Balaban J connectivity index is 1.68. The van der Waals surface area contributed by atoms with E-state index >= 15 is 0 Å². The topological polar surface area (TPSA) is 62.5 Å². The predicted molar refractivity (Wildman–Crippen MR) is 56.2 cm³/mol. The first-order valence-corrected chi connectivity index (χ1v) is 5.81. The van der Waals surface area contributed by atoms with Crippen LogP contribution >= 0.6 is 0 Å². The first-order valence-electron chi connectivity index (χ1n) is 5.81. The van der Waals surface area contributed by atoms with Gasteiger partial charge >= 0.3 is 12.4 Å². The zero-order valence-corrected chi connectivity index (χ0v) is 9.55. The second kappa shape index (κ2) is 4.18. The minimum atomic E-state index is -2.78. The van der Waals surface area contributed by atoms with Crippen molar-refractivity contribution in [3.05, 3.63) is 5.89 Å². The monoisotopic (exact) mass is 258 g/mol. The number of aromatic nitrogens is 2. The molecule has 1 aromatic heterocycles. The molecule has 0 N–H and O–H groups in total. The average Bonchev–Trinajstić information content (AvgIpc) is 3.05. The lowest BCUT2D eigenvalue weighted by molar-refractivity contribution is -0.131. The van der Waals surface area contributed by atoms with E-state index in [1.807, 2.05) is 4.90 Å². The van der Waals surface area contributed by atoms with Crippen molar-refractivity contribution in [2.45, 2.75) is 25.3 Å². The Bertz CT molecular complexity index is 460. The summed E-state index contributed by atoms with van der Waals surface area (Å²) in [6.45, 7) is 1.23. The van der Waals surface area contributed by atoms with Crippen molar-refractivity contribution in [1.29, 1.82) is 0 Å².